The highest BCUT2D eigenvalue weighted by Gasteiger charge is 2.22. The maximum absolute atomic E-state index is 11.8. The van der Waals surface area contributed by atoms with E-state index in [1.54, 1.807) is 26.0 Å². The first-order valence-electron chi connectivity index (χ1n) is 6.70. The highest BCUT2D eigenvalue weighted by atomic mass is 16.6. The Morgan fingerprint density at radius 1 is 1.32 bits per heavy atom. The van der Waals surface area contributed by atoms with Crippen LogP contribution in [-0.2, 0) is 9.53 Å². The summed E-state index contributed by atoms with van der Waals surface area (Å²) in [6, 6.07) is 7.18. The van der Waals surface area contributed by atoms with Crippen LogP contribution >= 0.6 is 0 Å². The van der Waals surface area contributed by atoms with Gasteiger partial charge in [0.15, 0.2) is 6.10 Å². The third-order valence-electron chi connectivity index (χ3n) is 2.74. The average Bonchev–Trinajstić information content (AvgIpc) is 2.39. The Kier molecular flexibility index (Phi) is 6.36. The van der Waals surface area contributed by atoms with Crippen LogP contribution < -0.4 is 4.74 Å². The molecule has 1 aromatic rings. The summed E-state index contributed by atoms with van der Waals surface area (Å²) in [6.45, 7) is 5.75. The van der Waals surface area contributed by atoms with Crippen LogP contribution in [0.4, 0.5) is 0 Å². The molecule has 0 radical (unpaired) electrons. The van der Waals surface area contributed by atoms with E-state index < -0.39 is 12.2 Å². The minimum atomic E-state index is -0.638. The molecule has 0 aliphatic carbocycles. The molecule has 0 aromatic heterocycles. The minimum Gasteiger partial charge on any atom is -0.478 e. The van der Waals surface area contributed by atoms with Crippen molar-refractivity contribution in [3.63, 3.8) is 0 Å². The molecule has 0 aliphatic heterocycles. The fourth-order valence-corrected chi connectivity index (χ4v) is 1.81. The summed E-state index contributed by atoms with van der Waals surface area (Å²) in [5, 5.41) is 9.69. The van der Waals surface area contributed by atoms with Gasteiger partial charge in [-0.25, -0.2) is 4.79 Å². The SMILES string of the molecule is CCCC(Oc1ccccc1[C@@H](C)O)C(=O)OCC. The van der Waals surface area contributed by atoms with Gasteiger partial charge < -0.3 is 14.6 Å². The first-order valence-corrected chi connectivity index (χ1v) is 6.70. The van der Waals surface area contributed by atoms with Crippen LogP contribution in [0.5, 0.6) is 5.75 Å². The van der Waals surface area contributed by atoms with Gasteiger partial charge in [-0.3, -0.25) is 0 Å². The Labute approximate surface area is 114 Å². The summed E-state index contributed by atoms with van der Waals surface area (Å²) in [5.74, 6) is 0.175. The largest absolute Gasteiger partial charge is 0.478 e. The van der Waals surface area contributed by atoms with Crippen molar-refractivity contribution in [2.24, 2.45) is 0 Å². The van der Waals surface area contributed by atoms with E-state index in [-0.39, 0.29) is 5.97 Å². The van der Waals surface area contributed by atoms with Gasteiger partial charge in [0.25, 0.3) is 0 Å². The number of benzene rings is 1. The second kappa shape index (κ2) is 7.79. The fraction of sp³-hybridized carbons (Fsp3) is 0.533. The van der Waals surface area contributed by atoms with Crippen molar-refractivity contribution in [2.75, 3.05) is 6.61 Å². The van der Waals surface area contributed by atoms with Crippen LogP contribution in [0, 0.1) is 0 Å². The normalized spacial score (nSPS) is 13.7. The quantitative estimate of drug-likeness (QED) is 0.771. The number of carbonyl (C=O) groups is 1. The summed E-state index contributed by atoms with van der Waals surface area (Å²) in [4.78, 5) is 11.8. The van der Waals surface area contributed by atoms with Gasteiger partial charge >= 0.3 is 5.97 Å². The lowest BCUT2D eigenvalue weighted by Gasteiger charge is -2.20. The number of hydrogen-bond donors (Lipinski definition) is 1. The number of aliphatic hydroxyl groups excluding tert-OH is 1. The van der Waals surface area contributed by atoms with Gasteiger partial charge in [0.2, 0.25) is 0 Å². The Morgan fingerprint density at radius 3 is 2.58 bits per heavy atom. The summed E-state index contributed by atoms with van der Waals surface area (Å²) in [7, 11) is 0. The van der Waals surface area contributed by atoms with E-state index in [0.717, 1.165) is 6.42 Å². The van der Waals surface area contributed by atoms with Crippen LogP contribution in [0.3, 0.4) is 0 Å². The van der Waals surface area contributed by atoms with Crippen LogP contribution in [0.2, 0.25) is 0 Å². The lowest BCUT2D eigenvalue weighted by Crippen LogP contribution is -2.29. The van der Waals surface area contributed by atoms with Crippen molar-refractivity contribution in [3.8, 4) is 5.75 Å². The van der Waals surface area contributed by atoms with Crippen LogP contribution in [-0.4, -0.2) is 23.8 Å². The molecule has 0 saturated carbocycles. The van der Waals surface area contributed by atoms with Crippen LogP contribution in [0.25, 0.3) is 0 Å². The highest BCUT2D eigenvalue weighted by molar-refractivity contribution is 5.75. The summed E-state index contributed by atoms with van der Waals surface area (Å²) >= 11 is 0. The Bertz CT molecular complexity index is 401. The topological polar surface area (TPSA) is 55.8 Å². The maximum atomic E-state index is 11.8. The number of aliphatic hydroxyl groups is 1. The van der Waals surface area contributed by atoms with Gasteiger partial charge in [-0.05, 0) is 26.3 Å². The standard InChI is InChI=1S/C15H22O4/c1-4-8-14(15(17)18-5-2)19-13-10-7-6-9-12(13)11(3)16/h6-7,9-11,14,16H,4-5,8H2,1-3H3/t11-,14?/m1/s1. The van der Waals surface area contributed by atoms with Gasteiger partial charge in [-0.2, -0.15) is 0 Å². The molecule has 0 fully saturated rings. The molecule has 1 unspecified atom stereocenters. The van der Waals surface area contributed by atoms with Crippen molar-refractivity contribution in [3.05, 3.63) is 29.8 Å². The second-order valence-corrected chi connectivity index (χ2v) is 4.36. The average molecular weight is 266 g/mol. The van der Waals surface area contributed by atoms with Crippen molar-refractivity contribution >= 4 is 5.97 Å². The van der Waals surface area contributed by atoms with Crippen LogP contribution in [0.1, 0.15) is 45.3 Å². The zero-order valence-electron chi connectivity index (χ0n) is 11.8. The fourth-order valence-electron chi connectivity index (χ4n) is 1.81. The van der Waals surface area contributed by atoms with Crippen molar-refractivity contribution in [1.82, 2.24) is 0 Å². The van der Waals surface area contributed by atoms with E-state index in [4.69, 9.17) is 9.47 Å². The zero-order chi connectivity index (χ0) is 14.3. The maximum Gasteiger partial charge on any atom is 0.347 e. The molecule has 1 N–H and O–H groups in total. The molecule has 1 aromatic carbocycles. The molecule has 1 rings (SSSR count). The molecule has 4 heteroatoms. The molecule has 0 spiro atoms. The molecule has 4 nitrogen and oxygen atoms in total. The second-order valence-electron chi connectivity index (χ2n) is 4.36. The molecule has 0 heterocycles. The predicted octanol–water partition coefficient (Wildman–Crippen LogP) is 2.85. The lowest BCUT2D eigenvalue weighted by atomic mass is 10.1. The Balaban J connectivity index is 2.87. The Morgan fingerprint density at radius 2 is 2.00 bits per heavy atom. The van der Waals surface area contributed by atoms with E-state index >= 15 is 0 Å². The molecule has 0 bridgehead atoms. The third kappa shape index (κ3) is 4.56. The van der Waals surface area contributed by atoms with Crippen LogP contribution in [0.15, 0.2) is 24.3 Å². The molecular weight excluding hydrogens is 244 g/mol. The smallest absolute Gasteiger partial charge is 0.347 e. The number of para-hydroxylation sites is 1. The van der Waals surface area contributed by atoms with Crippen molar-refractivity contribution in [2.45, 2.75) is 45.8 Å². The number of hydrogen-bond acceptors (Lipinski definition) is 4. The Hall–Kier alpha value is -1.55. The molecule has 0 saturated heterocycles. The first-order chi connectivity index (χ1) is 9.10. The minimum absolute atomic E-state index is 0.334. The predicted molar refractivity (Wildman–Crippen MR) is 73.0 cm³/mol. The molecule has 0 aliphatic rings. The summed E-state index contributed by atoms with van der Waals surface area (Å²) in [6.07, 6.45) is 0.151. The number of rotatable bonds is 7. The summed E-state index contributed by atoms with van der Waals surface area (Å²) < 4.78 is 10.7. The number of ether oxygens (including phenoxy) is 2. The van der Waals surface area contributed by atoms with E-state index in [2.05, 4.69) is 0 Å². The zero-order valence-corrected chi connectivity index (χ0v) is 11.8. The van der Waals surface area contributed by atoms with Gasteiger partial charge in [0.05, 0.1) is 12.7 Å². The van der Waals surface area contributed by atoms with Crippen molar-refractivity contribution < 1.29 is 19.4 Å². The van der Waals surface area contributed by atoms with Gasteiger partial charge in [-0.15, -0.1) is 0 Å². The lowest BCUT2D eigenvalue weighted by molar-refractivity contribution is -0.151. The van der Waals surface area contributed by atoms with E-state index in [9.17, 15) is 9.90 Å². The third-order valence-corrected chi connectivity index (χ3v) is 2.74. The van der Waals surface area contributed by atoms with Crippen molar-refractivity contribution in [1.29, 1.82) is 0 Å². The van der Waals surface area contributed by atoms with E-state index in [1.807, 2.05) is 19.1 Å². The van der Waals surface area contributed by atoms with E-state index in [1.165, 1.54) is 0 Å². The monoisotopic (exact) mass is 266 g/mol. The molecular formula is C15H22O4. The summed E-state index contributed by atoms with van der Waals surface area (Å²) in [5.41, 5.74) is 0.674. The highest BCUT2D eigenvalue weighted by Crippen LogP contribution is 2.26. The van der Waals surface area contributed by atoms with E-state index in [0.29, 0.717) is 24.3 Å². The molecule has 106 valence electrons. The molecule has 19 heavy (non-hydrogen) atoms. The molecule has 0 amide bonds. The number of carbonyl (C=O) groups excluding carboxylic acids is 1. The van der Waals surface area contributed by atoms with Gasteiger partial charge in [0.1, 0.15) is 5.75 Å². The number of esters is 1. The van der Waals surface area contributed by atoms with Gasteiger partial charge in [0, 0.05) is 5.56 Å². The first kappa shape index (κ1) is 15.5. The molecule has 2 atom stereocenters. The van der Waals surface area contributed by atoms with Gasteiger partial charge in [-0.1, -0.05) is 31.5 Å².